The Bertz CT molecular complexity index is 634. The van der Waals surface area contributed by atoms with Crippen LogP contribution in [0.5, 0.6) is 0 Å². The summed E-state index contributed by atoms with van der Waals surface area (Å²) in [5.74, 6) is 0. The maximum atomic E-state index is 14.5. The Morgan fingerprint density at radius 2 is 1.71 bits per heavy atom. The molecule has 1 fully saturated rings. The zero-order valence-electron chi connectivity index (χ0n) is 14.5. The van der Waals surface area contributed by atoms with Gasteiger partial charge in [-0.05, 0) is 53.7 Å². The van der Waals surface area contributed by atoms with E-state index in [0.717, 1.165) is 16.8 Å². The van der Waals surface area contributed by atoms with Gasteiger partial charge in [-0.3, -0.25) is 4.68 Å². The molecule has 2 rings (SSSR count). The monoisotopic (exact) mass is 348 g/mol. The smallest absolute Gasteiger partial charge is 0.398 e. The lowest BCUT2D eigenvalue weighted by Gasteiger charge is -2.32. The first-order valence-electron chi connectivity index (χ1n) is 7.64. The number of hydrogen-bond acceptors (Lipinski definition) is 3. The zero-order valence-corrected chi connectivity index (χ0v) is 14.5. The van der Waals surface area contributed by atoms with E-state index < -0.39 is 35.9 Å². The van der Waals surface area contributed by atoms with Gasteiger partial charge in [-0.2, -0.15) is 18.3 Å². The van der Waals surface area contributed by atoms with Crippen LogP contribution in [0.3, 0.4) is 0 Å². The Morgan fingerprint density at radius 1 is 1.21 bits per heavy atom. The number of aromatic nitrogens is 2. The molecule has 1 aliphatic heterocycles. The fourth-order valence-electron chi connectivity index (χ4n) is 2.23. The van der Waals surface area contributed by atoms with Gasteiger partial charge in [0.2, 0.25) is 0 Å². The molecule has 134 valence electrons. The van der Waals surface area contributed by atoms with Crippen LogP contribution >= 0.6 is 0 Å². The van der Waals surface area contributed by atoms with E-state index in [4.69, 9.17) is 9.31 Å². The maximum absolute atomic E-state index is 14.5. The Morgan fingerprint density at radius 3 is 2.12 bits per heavy atom. The average Bonchev–Trinajstić information content (AvgIpc) is 2.89. The molecule has 0 spiro atoms. The predicted molar refractivity (Wildman–Crippen MR) is 82.8 cm³/mol. The predicted octanol–water partition coefficient (Wildman–Crippen LogP) is 4.42. The molecule has 1 aliphatic rings. The molecule has 0 saturated carbocycles. The van der Waals surface area contributed by atoms with Gasteiger partial charge >= 0.3 is 13.3 Å². The van der Waals surface area contributed by atoms with Crippen LogP contribution in [-0.2, 0) is 15.5 Å². The second-order valence-corrected chi connectivity index (χ2v) is 7.11. The Kier molecular flexibility index (Phi) is 4.65. The fraction of sp³-hybridized carbons (Fsp3) is 0.667. The third kappa shape index (κ3) is 3.51. The van der Waals surface area contributed by atoms with Crippen LogP contribution in [0.2, 0.25) is 0 Å². The van der Waals surface area contributed by atoms with Crippen LogP contribution in [0.15, 0.2) is 11.8 Å². The molecule has 0 bridgehead atoms. The molecule has 4 nitrogen and oxygen atoms in total. The molecule has 24 heavy (non-hydrogen) atoms. The van der Waals surface area contributed by atoms with Crippen molar-refractivity contribution in [3.63, 3.8) is 0 Å². The minimum absolute atomic E-state index is 0.00420. The minimum atomic E-state index is -4.59. The number of nitrogens with zero attached hydrogens (tertiary/aromatic N) is 2. The van der Waals surface area contributed by atoms with Crippen LogP contribution in [0, 0.1) is 0 Å². The number of hydrogen-bond donors (Lipinski definition) is 0. The maximum Gasteiger partial charge on any atom is 0.525 e. The van der Waals surface area contributed by atoms with Crippen LogP contribution in [-0.4, -0.2) is 28.1 Å². The quantitative estimate of drug-likeness (QED) is 0.599. The summed E-state index contributed by atoms with van der Waals surface area (Å²) in [6.45, 7) is 10.4. The summed E-state index contributed by atoms with van der Waals surface area (Å²) < 4.78 is 65.3. The molecular weight excluding hydrogens is 327 g/mol. The van der Waals surface area contributed by atoms with Crippen LogP contribution in [0.25, 0.3) is 6.08 Å². The molecule has 0 radical (unpaired) electrons. The van der Waals surface area contributed by atoms with Crippen LogP contribution in [0.1, 0.15) is 59.0 Å². The van der Waals surface area contributed by atoms with E-state index in [-0.39, 0.29) is 11.7 Å². The van der Waals surface area contributed by atoms with Gasteiger partial charge in [-0.15, -0.1) is 0 Å². The van der Waals surface area contributed by atoms with E-state index in [1.807, 2.05) is 0 Å². The topological polar surface area (TPSA) is 36.3 Å². The molecule has 1 aromatic rings. The van der Waals surface area contributed by atoms with Gasteiger partial charge in [-0.25, -0.2) is 4.39 Å². The van der Waals surface area contributed by atoms with E-state index in [1.165, 1.54) is 0 Å². The highest BCUT2D eigenvalue weighted by molar-refractivity contribution is 6.54. The Labute approximate surface area is 139 Å². The largest absolute Gasteiger partial charge is 0.525 e. The highest BCUT2D eigenvalue weighted by Crippen LogP contribution is 2.39. The summed E-state index contributed by atoms with van der Waals surface area (Å²) in [6.07, 6.45) is -3.62. The lowest BCUT2D eigenvalue weighted by molar-refractivity contribution is -0.141. The Hall–Kier alpha value is -1.35. The first-order chi connectivity index (χ1) is 10.7. The lowest BCUT2D eigenvalue weighted by atomic mass is 9.87. The highest BCUT2D eigenvalue weighted by atomic mass is 19.4. The van der Waals surface area contributed by atoms with Crippen molar-refractivity contribution in [3.05, 3.63) is 23.2 Å². The minimum Gasteiger partial charge on any atom is -0.398 e. The second-order valence-electron chi connectivity index (χ2n) is 7.11. The lowest BCUT2D eigenvalue weighted by Crippen LogP contribution is -2.41. The summed E-state index contributed by atoms with van der Waals surface area (Å²) in [4.78, 5) is 0. The number of alkyl halides is 3. The molecule has 2 heterocycles. The fourth-order valence-corrected chi connectivity index (χ4v) is 2.23. The molecule has 0 amide bonds. The average molecular weight is 348 g/mol. The van der Waals surface area contributed by atoms with Crippen molar-refractivity contribution < 1.29 is 26.9 Å². The molecular formula is C15H21BF4N2O2. The molecule has 9 heteroatoms. The molecule has 0 aliphatic carbocycles. The first kappa shape index (κ1) is 19.0. The summed E-state index contributed by atoms with van der Waals surface area (Å²) in [6, 6.07) is 0.448. The van der Waals surface area contributed by atoms with Crippen molar-refractivity contribution in [3.8, 4) is 0 Å². The molecule has 1 aromatic heterocycles. The van der Waals surface area contributed by atoms with Crippen LogP contribution in [0.4, 0.5) is 17.6 Å². The number of halogens is 4. The van der Waals surface area contributed by atoms with Crippen molar-refractivity contribution in [2.45, 2.75) is 65.0 Å². The number of rotatable bonds is 3. The summed E-state index contributed by atoms with van der Waals surface area (Å²) in [5.41, 5.74) is -3.34. The van der Waals surface area contributed by atoms with Gasteiger partial charge in [0.25, 0.3) is 0 Å². The first-order valence-corrected chi connectivity index (χ1v) is 7.64. The van der Waals surface area contributed by atoms with E-state index >= 15 is 0 Å². The summed E-state index contributed by atoms with van der Waals surface area (Å²) in [7, 11) is -1.26. The highest BCUT2D eigenvalue weighted by Gasteiger charge is 2.53. The van der Waals surface area contributed by atoms with E-state index in [9.17, 15) is 17.6 Å². The van der Waals surface area contributed by atoms with Crippen LogP contribution < -0.4 is 0 Å². The third-order valence-corrected chi connectivity index (χ3v) is 4.31. The zero-order chi connectivity index (χ0) is 18.5. The van der Waals surface area contributed by atoms with Gasteiger partial charge in [0, 0.05) is 6.04 Å². The van der Waals surface area contributed by atoms with E-state index in [0.29, 0.717) is 0 Å². The van der Waals surface area contributed by atoms with E-state index in [2.05, 4.69) is 5.10 Å². The van der Waals surface area contributed by atoms with Crippen molar-refractivity contribution in [2.75, 3.05) is 0 Å². The summed E-state index contributed by atoms with van der Waals surface area (Å²) in [5, 5.41) is 3.52. The van der Waals surface area contributed by atoms with Gasteiger partial charge < -0.3 is 9.31 Å². The molecule has 1 saturated heterocycles. The Balaban J connectivity index is 2.36. The van der Waals surface area contributed by atoms with Gasteiger partial charge in [0.1, 0.15) is 5.73 Å². The third-order valence-electron chi connectivity index (χ3n) is 4.31. The molecule has 0 unspecified atom stereocenters. The standard InChI is InChI=1S/C15H21BF4N2O2/c1-9(2)22-10(7-11(21-22)15(18,19)20)8-12(17)16-23-13(3,4)14(5,6)24-16/h7-9H,1-6H3. The van der Waals surface area contributed by atoms with Crippen molar-refractivity contribution in [2.24, 2.45) is 0 Å². The van der Waals surface area contributed by atoms with Crippen molar-refractivity contribution in [1.29, 1.82) is 0 Å². The molecule has 0 aromatic carbocycles. The van der Waals surface area contributed by atoms with Crippen molar-refractivity contribution in [1.82, 2.24) is 9.78 Å². The molecule has 0 atom stereocenters. The molecule has 0 N–H and O–H groups in total. The summed E-state index contributed by atoms with van der Waals surface area (Å²) >= 11 is 0. The van der Waals surface area contributed by atoms with E-state index in [1.54, 1.807) is 41.5 Å². The van der Waals surface area contributed by atoms with Gasteiger partial charge in [0.05, 0.1) is 16.9 Å². The normalized spacial score (nSPS) is 21.0. The van der Waals surface area contributed by atoms with Crippen molar-refractivity contribution >= 4 is 13.2 Å². The SMILES string of the molecule is CC(C)n1nc(C(F)(F)F)cc1C=C(F)B1OC(C)(C)C(C)(C)O1. The van der Waals surface area contributed by atoms with Gasteiger partial charge in [-0.1, -0.05) is 0 Å². The van der Waals surface area contributed by atoms with Gasteiger partial charge in [0.15, 0.2) is 5.69 Å². The second kappa shape index (κ2) is 5.88.